The average Bonchev–Trinajstić information content (AvgIpc) is 2.47. The van der Waals surface area contributed by atoms with Crippen molar-refractivity contribution >= 4 is 26.8 Å². The highest BCUT2D eigenvalue weighted by atomic mass is 79.9. The molecule has 1 unspecified atom stereocenters. The van der Waals surface area contributed by atoms with Crippen molar-refractivity contribution < 1.29 is 0 Å². The topological polar surface area (TPSA) is 51.8 Å². The molecule has 2 aromatic heterocycles. The minimum atomic E-state index is -0.129. The second kappa shape index (κ2) is 5.69. The Bertz CT molecular complexity index is 742. The number of nitrogens with two attached hydrogens (primary N) is 1. The molecule has 20 heavy (non-hydrogen) atoms. The van der Waals surface area contributed by atoms with Gasteiger partial charge in [0.1, 0.15) is 0 Å². The number of hydrogen-bond donors (Lipinski definition) is 1. The van der Waals surface area contributed by atoms with Crippen LogP contribution in [0, 0.1) is 0 Å². The van der Waals surface area contributed by atoms with Gasteiger partial charge in [-0.3, -0.25) is 9.97 Å². The van der Waals surface area contributed by atoms with Crippen molar-refractivity contribution in [2.75, 3.05) is 0 Å². The van der Waals surface area contributed by atoms with Gasteiger partial charge in [-0.25, -0.2) is 0 Å². The van der Waals surface area contributed by atoms with E-state index in [0.29, 0.717) is 0 Å². The van der Waals surface area contributed by atoms with Gasteiger partial charge in [0.25, 0.3) is 0 Å². The summed E-state index contributed by atoms with van der Waals surface area (Å²) in [6.45, 7) is 0. The molecule has 0 aliphatic heterocycles. The molecule has 0 saturated heterocycles. The number of pyridine rings is 2. The van der Waals surface area contributed by atoms with Crippen LogP contribution in [-0.2, 0) is 6.42 Å². The summed E-state index contributed by atoms with van der Waals surface area (Å²) in [5.41, 5.74) is 9.25. The number of nitrogens with zero attached hydrogens (tertiary/aromatic N) is 2. The molecule has 0 spiro atoms. The van der Waals surface area contributed by atoms with Crippen LogP contribution in [0.2, 0.25) is 0 Å². The maximum absolute atomic E-state index is 6.26. The summed E-state index contributed by atoms with van der Waals surface area (Å²) in [7, 11) is 0. The third-order valence-electron chi connectivity index (χ3n) is 3.22. The normalized spacial score (nSPS) is 12.5. The van der Waals surface area contributed by atoms with E-state index >= 15 is 0 Å². The maximum atomic E-state index is 6.26. The van der Waals surface area contributed by atoms with Gasteiger partial charge < -0.3 is 5.73 Å². The van der Waals surface area contributed by atoms with Crippen molar-refractivity contribution in [3.05, 3.63) is 70.6 Å². The summed E-state index contributed by atoms with van der Waals surface area (Å²) in [5.74, 6) is 0. The molecule has 2 N–H and O–H groups in total. The second-order valence-corrected chi connectivity index (χ2v) is 5.67. The number of hydrogen-bond acceptors (Lipinski definition) is 3. The summed E-state index contributed by atoms with van der Waals surface area (Å²) in [5, 5.41) is 1.13. The standard InChI is InChI=1S/C16H14BrN3/c17-13-7-11(9-19-10-13)8-14(18)16-6-5-12-3-1-2-4-15(12)20-16/h1-7,9-10,14H,8,18H2. The Morgan fingerprint density at radius 3 is 2.80 bits per heavy atom. The SMILES string of the molecule is NC(Cc1cncc(Br)c1)c1ccc2ccccc2n1. The molecule has 0 aliphatic carbocycles. The van der Waals surface area contributed by atoms with Gasteiger partial charge in [-0.1, -0.05) is 24.3 Å². The Kier molecular flexibility index (Phi) is 3.76. The molecule has 0 fully saturated rings. The monoisotopic (exact) mass is 327 g/mol. The number of aromatic nitrogens is 2. The predicted octanol–water partition coefficient (Wildman–Crippen LogP) is 3.63. The van der Waals surface area contributed by atoms with Crippen LogP contribution in [0.3, 0.4) is 0 Å². The van der Waals surface area contributed by atoms with E-state index in [1.807, 2.05) is 36.5 Å². The zero-order valence-corrected chi connectivity index (χ0v) is 12.4. The second-order valence-electron chi connectivity index (χ2n) is 4.75. The zero-order valence-electron chi connectivity index (χ0n) is 10.8. The highest BCUT2D eigenvalue weighted by Gasteiger charge is 2.10. The number of fused-ring (bicyclic) bond motifs is 1. The lowest BCUT2D eigenvalue weighted by atomic mass is 10.0. The molecule has 1 aromatic carbocycles. The molecule has 0 saturated carbocycles. The van der Waals surface area contributed by atoms with Gasteiger partial charge in [0.15, 0.2) is 0 Å². The van der Waals surface area contributed by atoms with Crippen LogP contribution in [0.4, 0.5) is 0 Å². The molecule has 3 aromatic rings. The van der Waals surface area contributed by atoms with E-state index < -0.39 is 0 Å². The minimum absolute atomic E-state index is 0.129. The zero-order chi connectivity index (χ0) is 13.9. The summed E-state index contributed by atoms with van der Waals surface area (Å²) >= 11 is 3.42. The Morgan fingerprint density at radius 2 is 1.95 bits per heavy atom. The number of rotatable bonds is 3. The number of para-hydroxylation sites is 1. The lowest BCUT2D eigenvalue weighted by Crippen LogP contribution is -2.15. The molecule has 1 atom stereocenters. The van der Waals surface area contributed by atoms with Crippen LogP contribution in [0.1, 0.15) is 17.3 Å². The molecule has 0 bridgehead atoms. The molecule has 100 valence electrons. The van der Waals surface area contributed by atoms with Crippen molar-refractivity contribution in [3.63, 3.8) is 0 Å². The van der Waals surface area contributed by atoms with Gasteiger partial charge in [0.05, 0.1) is 17.3 Å². The Morgan fingerprint density at radius 1 is 1.10 bits per heavy atom. The Labute approximate surface area is 126 Å². The van der Waals surface area contributed by atoms with E-state index in [0.717, 1.165) is 33.1 Å². The van der Waals surface area contributed by atoms with Crippen molar-refractivity contribution in [2.24, 2.45) is 5.73 Å². The van der Waals surface area contributed by atoms with E-state index in [9.17, 15) is 0 Å². The van der Waals surface area contributed by atoms with E-state index in [1.165, 1.54) is 0 Å². The van der Waals surface area contributed by atoms with Crippen LogP contribution in [0.5, 0.6) is 0 Å². The van der Waals surface area contributed by atoms with Crippen molar-refractivity contribution in [1.82, 2.24) is 9.97 Å². The van der Waals surface area contributed by atoms with Gasteiger partial charge in [0, 0.05) is 22.3 Å². The van der Waals surface area contributed by atoms with Crippen LogP contribution < -0.4 is 5.73 Å². The van der Waals surface area contributed by atoms with E-state index in [1.54, 1.807) is 6.20 Å². The maximum Gasteiger partial charge on any atom is 0.0706 e. The molecule has 3 rings (SSSR count). The highest BCUT2D eigenvalue weighted by Crippen LogP contribution is 2.19. The van der Waals surface area contributed by atoms with Gasteiger partial charge in [-0.2, -0.15) is 0 Å². The fourth-order valence-electron chi connectivity index (χ4n) is 2.21. The van der Waals surface area contributed by atoms with Gasteiger partial charge in [-0.05, 0) is 46.1 Å². The fourth-order valence-corrected chi connectivity index (χ4v) is 2.63. The molecule has 4 heteroatoms. The van der Waals surface area contributed by atoms with Crippen LogP contribution in [0.25, 0.3) is 10.9 Å². The first-order valence-electron chi connectivity index (χ1n) is 6.43. The van der Waals surface area contributed by atoms with E-state index in [4.69, 9.17) is 5.73 Å². The molecule has 3 nitrogen and oxygen atoms in total. The van der Waals surface area contributed by atoms with Crippen molar-refractivity contribution in [3.8, 4) is 0 Å². The lowest BCUT2D eigenvalue weighted by Gasteiger charge is -2.12. The molecule has 2 heterocycles. The number of halogens is 1. The van der Waals surface area contributed by atoms with Crippen molar-refractivity contribution in [1.29, 1.82) is 0 Å². The quantitative estimate of drug-likeness (QED) is 0.799. The molecular weight excluding hydrogens is 314 g/mol. The summed E-state index contributed by atoms with van der Waals surface area (Å²) in [6, 6.07) is 14.0. The minimum Gasteiger partial charge on any atom is -0.322 e. The van der Waals surface area contributed by atoms with E-state index in [2.05, 4.69) is 38.0 Å². The third-order valence-corrected chi connectivity index (χ3v) is 3.65. The summed E-state index contributed by atoms with van der Waals surface area (Å²) < 4.78 is 0.966. The first-order valence-corrected chi connectivity index (χ1v) is 7.22. The molecular formula is C16H14BrN3. The fraction of sp³-hybridized carbons (Fsp3) is 0.125. The lowest BCUT2D eigenvalue weighted by molar-refractivity contribution is 0.698. The third kappa shape index (κ3) is 2.86. The largest absolute Gasteiger partial charge is 0.322 e. The van der Waals surface area contributed by atoms with Crippen LogP contribution >= 0.6 is 15.9 Å². The van der Waals surface area contributed by atoms with Crippen LogP contribution in [0.15, 0.2) is 59.3 Å². The Hall–Kier alpha value is -1.78. The number of benzene rings is 1. The first-order chi connectivity index (χ1) is 9.72. The average molecular weight is 328 g/mol. The van der Waals surface area contributed by atoms with Crippen LogP contribution in [-0.4, -0.2) is 9.97 Å². The summed E-state index contributed by atoms with van der Waals surface area (Å²) in [6.07, 6.45) is 4.33. The van der Waals surface area contributed by atoms with Gasteiger partial charge >= 0.3 is 0 Å². The van der Waals surface area contributed by atoms with E-state index in [-0.39, 0.29) is 6.04 Å². The summed E-state index contributed by atoms with van der Waals surface area (Å²) in [4.78, 5) is 8.79. The predicted molar refractivity (Wildman–Crippen MR) is 84.3 cm³/mol. The smallest absolute Gasteiger partial charge is 0.0706 e. The van der Waals surface area contributed by atoms with Gasteiger partial charge in [0.2, 0.25) is 0 Å². The molecule has 0 radical (unpaired) electrons. The first kappa shape index (κ1) is 13.2. The van der Waals surface area contributed by atoms with Crippen molar-refractivity contribution in [2.45, 2.75) is 12.5 Å². The molecule has 0 amide bonds. The Balaban J connectivity index is 1.86. The van der Waals surface area contributed by atoms with Gasteiger partial charge in [-0.15, -0.1) is 0 Å². The molecule has 0 aliphatic rings. The highest BCUT2D eigenvalue weighted by molar-refractivity contribution is 9.10.